The van der Waals surface area contributed by atoms with Crippen LogP contribution in [0.2, 0.25) is 0 Å². The molecule has 2 aromatic heterocycles. The number of fused-ring (bicyclic) bond motifs is 1. The number of aromatic nitrogens is 2. The molecular weight excluding hydrogens is 256 g/mol. The average Bonchev–Trinajstić information content (AvgIpc) is 2.85. The number of nitrogens with zero attached hydrogens (tertiary/aromatic N) is 3. The van der Waals surface area contributed by atoms with Gasteiger partial charge in [-0.3, -0.25) is 4.40 Å². The summed E-state index contributed by atoms with van der Waals surface area (Å²) < 4.78 is 2.19. The van der Waals surface area contributed by atoms with Gasteiger partial charge in [-0.15, -0.1) is 11.3 Å². The first-order chi connectivity index (χ1) is 9.00. The zero-order valence-electron chi connectivity index (χ0n) is 12.5. The predicted molar refractivity (Wildman–Crippen MR) is 81.8 cm³/mol. The number of rotatable bonds is 6. The van der Waals surface area contributed by atoms with Gasteiger partial charge in [0.25, 0.3) is 0 Å². The van der Waals surface area contributed by atoms with Crippen molar-refractivity contribution in [2.24, 2.45) is 5.92 Å². The number of hydrogen-bond acceptors (Lipinski definition) is 4. The van der Waals surface area contributed by atoms with Crippen LogP contribution >= 0.6 is 11.3 Å². The summed E-state index contributed by atoms with van der Waals surface area (Å²) in [6.07, 6.45) is 2.10. The minimum absolute atomic E-state index is 0.561. The largest absolute Gasteiger partial charge is 0.310 e. The van der Waals surface area contributed by atoms with Gasteiger partial charge >= 0.3 is 0 Å². The molecule has 5 heteroatoms. The number of nitrogens with one attached hydrogen (secondary N) is 1. The van der Waals surface area contributed by atoms with Crippen molar-refractivity contribution in [2.75, 3.05) is 20.6 Å². The number of aryl methyl sites for hydroxylation is 1. The molecule has 106 valence electrons. The molecule has 19 heavy (non-hydrogen) atoms. The Morgan fingerprint density at radius 2 is 2.16 bits per heavy atom. The molecule has 0 amide bonds. The van der Waals surface area contributed by atoms with E-state index in [0.717, 1.165) is 23.7 Å². The van der Waals surface area contributed by atoms with Gasteiger partial charge in [0.05, 0.1) is 11.4 Å². The van der Waals surface area contributed by atoms with Gasteiger partial charge in [0.1, 0.15) is 0 Å². The lowest BCUT2D eigenvalue weighted by Gasteiger charge is -2.28. The van der Waals surface area contributed by atoms with Crippen molar-refractivity contribution in [3.8, 4) is 0 Å². The Morgan fingerprint density at radius 3 is 2.79 bits per heavy atom. The van der Waals surface area contributed by atoms with Crippen LogP contribution in [0.25, 0.3) is 4.96 Å². The summed E-state index contributed by atoms with van der Waals surface area (Å²) in [7, 11) is 4.29. The van der Waals surface area contributed by atoms with Crippen LogP contribution in [0.1, 0.15) is 25.2 Å². The molecule has 0 aliphatic rings. The first kappa shape index (κ1) is 14.5. The van der Waals surface area contributed by atoms with Crippen molar-refractivity contribution in [3.63, 3.8) is 0 Å². The third kappa shape index (κ3) is 3.16. The minimum atomic E-state index is 0.561. The van der Waals surface area contributed by atoms with E-state index >= 15 is 0 Å². The second-order valence-electron chi connectivity index (χ2n) is 5.61. The van der Waals surface area contributed by atoms with Crippen molar-refractivity contribution in [3.05, 3.63) is 23.0 Å². The molecular formula is C14H24N4S. The SMILES string of the molecule is Cc1nc2sccn2c1CNCC(C(C)C)N(C)C. The van der Waals surface area contributed by atoms with Crippen LogP contribution in [-0.2, 0) is 6.54 Å². The third-order valence-electron chi connectivity index (χ3n) is 3.64. The molecule has 0 aliphatic heterocycles. The van der Waals surface area contributed by atoms with Crippen molar-refractivity contribution in [2.45, 2.75) is 33.4 Å². The Bertz CT molecular complexity index is 519. The van der Waals surface area contributed by atoms with Crippen LogP contribution in [0.4, 0.5) is 0 Å². The summed E-state index contributed by atoms with van der Waals surface area (Å²) in [5.74, 6) is 0.648. The summed E-state index contributed by atoms with van der Waals surface area (Å²) in [5.41, 5.74) is 2.41. The van der Waals surface area contributed by atoms with E-state index < -0.39 is 0 Å². The summed E-state index contributed by atoms with van der Waals surface area (Å²) in [4.78, 5) is 7.95. The molecule has 0 saturated heterocycles. The molecule has 2 aromatic rings. The van der Waals surface area contributed by atoms with E-state index in [9.17, 15) is 0 Å². The highest BCUT2D eigenvalue weighted by Gasteiger charge is 2.16. The quantitative estimate of drug-likeness (QED) is 0.882. The van der Waals surface area contributed by atoms with E-state index in [0.29, 0.717) is 12.0 Å². The Kier molecular flexibility index (Phi) is 4.60. The van der Waals surface area contributed by atoms with Crippen molar-refractivity contribution >= 4 is 16.3 Å². The summed E-state index contributed by atoms with van der Waals surface area (Å²) >= 11 is 1.69. The van der Waals surface area contributed by atoms with Crippen molar-refractivity contribution < 1.29 is 0 Å². The van der Waals surface area contributed by atoms with E-state index in [1.807, 2.05) is 0 Å². The van der Waals surface area contributed by atoms with E-state index in [-0.39, 0.29) is 0 Å². The molecule has 1 atom stereocenters. The number of hydrogen-bond donors (Lipinski definition) is 1. The fourth-order valence-corrected chi connectivity index (χ4v) is 3.29. The highest BCUT2D eigenvalue weighted by atomic mass is 32.1. The van der Waals surface area contributed by atoms with Gasteiger partial charge in [-0.2, -0.15) is 0 Å². The van der Waals surface area contributed by atoms with E-state index in [1.165, 1.54) is 5.69 Å². The summed E-state index contributed by atoms with van der Waals surface area (Å²) in [6.45, 7) is 8.51. The second-order valence-corrected chi connectivity index (χ2v) is 6.48. The highest BCUT2D eigenvalue weighted by molar-refractivity contribution is 7.15. The van der Waals surface area contributed by atoms with Crippen LogP contribution in [0.3, 0.4) is 0 Å². The van der Waals surface area contributed by atoms with Crippen LogP contribution < -0.4 is 5.32 Å². The maximum absolute atomic E-state index is 4.57. The fourth-order valence-electron chi connectivity index (χ4n) is 2.51. The van der Waals surface area contributed by atoms with Gasteiger partial charge < -0.3 is 10.2 Å². The molecule has 0 radical (unpaired) electrons. The van der Waals surface area contributed by atoms with Gasteiger partial charge in [-0.05, 0) is 26.9 Å². The maximum Gasteiger partial charge on any atom is 0.194 e. The second kappa shape index (κ2) is 6.03. The molecule has 0 spiro atoms. The average molecular weight is 280 g/mol. The first-order valence-electron chi connectivity index (χ1n) is 6.79. The van der Waals surface area contributed by atoms with Gasteiger partial charge in [0.15, 0.2) is 4.96 Å². The summed E-state index contributed by atoms with van der Waals surface area (Å²) in [6, 6.07) is 0.561. The van der Waals surface area contributed by atoms with Crippen LogP contribution in [0.5, 0.6) is 0 Å². The van der Waals surface area contributed by atoms with Gasteiger partial charge in [0.2, 0.25) is 0 Å². The molecule has 1 N–H and O–H groups in total. The van der Waals surface area contributed by atoms with Gasteiger partial charge in [-0.1, -0.05) is 13.8 Å². The van der Waals surface area contributed by atoms with E-state index in [1.54, 1.807) is 11.3 Å². The fraction of sp³-hybridized carbons (Fsp3) is 0.643. The molecule has 0 bridgehead atoms. The molecule has 2 heterocycles. The van der Waals surface area contributed by atoms with Crippen molar-refractivity contribution in [1.82, 2.24) is 19.6 Å². The molecule has 0 saturated carbocycles. The predicted octanol–water partition coefficient (Wildman–Crippen LogP) is 2.38. The molecule has 0 aliphatic carbocycles. The number of imidazole rings is 1. The van der Waals surface area contributed by atoms with E-state index in [4.69, 9.17) is 0 Å². The van der Waals surface area contributed by atoms with Gasteiger partial charge in [-0.25, -0.2) is 4.98 Å². The molecule has 1 unspecified atom stereocenters. The molecule has 2 rings (SSSR count). The normalized spacial score (nSPS) is 13.8. The molecule has 0 aromatic carbocycles. The maximum atomic E-state index is 4.57. The van der Waals surface area contributed by atoms with Crippen LogP contribution in [-0.4, -0.2) is 41.0 Å². The van der Waals surface area contributed by atoms with Crippen molar-refractivity contribution in [1.29, 1.82) is 0 Å². The third-order valence-corrected chi connectivity index (χ3v) is 4.40. The first-order valence-corrected chi connectivity index (χ1v) is 7.67. The smallest absolute Gasteiger partial charge is 0.194 e. The Morgan fingerprint density at radius 1 is 1.42 bits per heavy atom. The topological polar surface area (TPSA) is 32.6 Å². The zero-order valence-corrected chi connectivity index (χ0v) is 13.3. The van der Waals surface area contributed by atoms with E-state index in [2.05, 4.69) is 66.0 Å². The standard InChI is InChI=1S/C14H24N4S/c1-10(2)12(17(4)5)8-15-9-13-11(3)16-14-18(13)6-7-19-14/h6-7,10,12,15H,8-9H2,1-5H3. The lowest BCUT2D eigenvalue weighted by Crippen LogP contribution is -2.41. The lowest BCUT2D eigenvalue weighted by atomic mass is 10.0. The Hall–Kier alpha value is -0.910. The molecule has 4 nitrogen and oxygen atoms in total. The molecule has 0 fully saturated rings. The van der Waals surface area contributed by atoms with Crippen LogP contribution in [0.15, 0.2) is 11.6 Å². The van der Waals surface area contributed by atoms with Gasteiger partial charge in [0, 0.05) is 30.7 Å². The monoisotopic (exact) mass is 280 g/mol. The minimum Gasteiger partial charge on any atom is -0.310 e. The number of thiazole rings is 1. The Balaban J connectivity index is 1.99. The zero-order chi connectivity index (χ0) is 14.0. The highest BCUT2D eigenvalue weighted by Crippen LogP contribution is 2.16. The lowest BCUT2D eigenvalue weighted by molar-refractivity contribution is 0.224. The summed E-state index contributed by atoms with van der Waals surface area (Å²) in [5, 5.41) is 5.66. The Labute approximate surface area is 119 Å². The van der Waals surface area contributed by atoms with Crippen LogP contribution in [0, 0.1) is 12.8 Å². The number of likely N-dealkylation sites (N-methyl/N-ethyl adjacent to an activating group) is 1.